The predicted octanol–water partition coefficient (Wildman–Crippen LogP) is 5.40. The largest absolute Gasteiger partial charge is 0.420 e. The molecule has 0 unspecified atom stereocenters. The van der Waals surface area contributed by atoms with Gasteiger partial charge in [0.15, 0.2) is 0 Å². The van der Waals surface area contributed by atoms with Crippen LogP contribution in [-0.4, -0.2) is 67.2 Å². The second-order valence-corrected chi connectivity index (χ2v) is 11.0. The minimum absolute atomic E-state index is 0.00974. The summed E-state index contributed by atoms with van der Waals surface area (Å²) in [5.74, 6) is 0.673. The molecule has 0 atom stereocenters. The van der Waals surface area contributed by atoms with Crippen molar-refractivity contribution in [2.75, 3.05) is 37.8 Å². The van der Waals surface area contributed by atoms with E-state index < -0.39 is 17.6 Å². The molecular formula is C26H31F4N7S. The summed E-state index contributed by atoms with van der Waals surface area (Å²) in [4.78, 5) is 14.8. The van der Waals surface area contributed by atoms with Crippen molar-refractivity contribution in [2.45, 2.75) is 45.5 Å². The number of nitrogens with one attached hydrogen (secondary N) is 1. The zero-order chi connectivity index (χ0) is 27.0. The Morgan fingerprint density at radius 3 is 2.50 bits per heavy atom. The summed E-state index contributed by atoms with van der Waals surface area (Å²) in [6.07, 6.45) is 1.22. The zero-order valence-electron chi connectivity index (χ0n) is 21.6. The number of anilines is 1. The first-order chi connectivity index (χ1) is 18.1. The Labute approximate surface area is 223 Å². The molecule has 4 heterocycles. The van der Waals surface area contributed by atoms with Gasteiger partial charge in [-0.25, -0.2) is 19.3 Å². The Kier molecular flexibility index (Phi) is 7.65. The number of hydrogen-bond donors (Lipinski definition) is 1. The topological polar surface area (TPSA) is 62.1 Å². The number of piperidine rings is 1. The average Bonchev–Trinajstić information content (AvgIpc) is 3.24. The standard InChI is InChI=1S/C26H31F4N7S/c1-16-12-35(13-16)14-18-4-5-23(21(27)10-18)37-15-22(32-17(37)2)24-20(26(28,29)30)11-31-25(34-24)33-19-6-8-36(38-3)9-7-19/h4-5,10-11,15-16,19H,6-9,12-14H2,1-3H3,(H,31,33,34). The quantitative estimate of drug-likeness (QED) is 0.313. The van der Waals surface area contributed by atoms with Gasteiger partial charge < -0.3 is 9.88 Å². The van der Waals surface area contributed by atoms with Gasteiger partial charge in [0.1, 0.15) is 28.6 Å². The van der Waals surface area contributed by atoms with Crippen molar-refractivity contribution in [3.63, 3.8) is 0 Å². The molecule has 2 aromatic heterocycles. The molecule has 12 heteroatoms. The summed E-state index contributed by atoms with van der Waals surface area (Å²) in [5.41, 5.74) is -0.226. The molecule has 0 saturated carbocycles. The van der Waals surface area contributed by atoms with Crippen molar-refractivity contribution in [1.82, 2.24) is 28.7 Å². The molecular weight excluding hydrogens is 518 g/mol. The number of halogens is 4. The maximum Gasteiger partial charge on any atom is 0.420 e. The number of nitrogens with zero attached hydrogens (tertiary/aromatic N) is 6. The SMILES string of the molecule is CSN1CCC(Nc2ncc(C(F)(F)F)c(-c3cn(-c4ccc(CN5CC(C)C5)cc4F)c(C)n3)n2)CC1. The lowest BCUT2D eigenvalue weighted by Crippen LogP contribution is -2.44. The summed E-state index contributed by atoms with van der Waals surface area (Å²) in [5, 5.41) is 3.19. The Hall–Kier alpha value is -2.70. The number of rotatable bonds is 7. The lowest BCUT2D eigenvalue weighted by Gasteiger charge is -2.37. The Morgan fingerprint density at radius 2 is 1.87 bits per heavy atom. The van der Waals surface area contributed by atoms with E-state index in [-0.39, 0.29) is 29.1 Å². The molecule has 38 heavy (non-hydrogen) atoms. The van der Waals surface area contributed by atoms with Crippen LogP contribution in [0, 0.1) is 18.7 Å². The second kappa shape index (κ2) is 10.8. The minimum atomic E-state index is -4.67. The van der Waals surface area contributed by atoms with Crippen LogP contribution < -0.4 is 5.32 Å². The third kappa shape index (κ3) is 5.81. The highest BCUT2D eigenvalue weighted by molar-refractivity contribution is 7.96. The molecule has 0 amide bonds. The molecule has 3 aromatic rings. The van der Waals surface area contributed by atoms with Crippen molar-refractivity contribution in [2.24, 2.45) is 5.92 Å². The van der Waals surface area contributed by atoms with Gasteiger partial charge in [-0.3, -0.25) is 9.21 Å². The lowest BCUT2D eigenvalue weighted by atomic mass is 10.0. The number of benzene rings is 1. The van der Waals surface area contributed by atoms with Crippen LogP contribution in [0.5, 0.6) is 0 Å². The zero-order valence-corrected chi connectivity index (χ0v) is 22.4. The lowest BCUT2D eigenvalue weighted by molar-refractivity contribution is -0.137. The maximum absolute atomic E-state index is 15.1. The van der Waals surface area contributed by atoms with Gasteiger partial charge >= 0.3 is 6.18 Å². The summed E-state index contributed by atoms with van der Waals surface area (Å²) >= 11 is 1.68. The summed E-state index contributed by atoms with van der Waals surface area (Å²) in [7, 11) is 0. The molecule has 0 aliphatic carbocycles. The third-order valence-corrected chi connectivity index (χ3v) is 7.96. The van der Waals surface area contributed by atoms with Crippen LogP contribution in [0.4, 0.5) is 23.5 Å². The van der Waals surface area contributed by atoms with E-state index in [1.54, 1.807) is 24.9 Å². The summed E-state index contributed by atoms with van der Waals surface area (Å²) in [6, 6.07) is 5.03. The number of alkyl halides is 3. The highest BCUT2D eigenvalue weighted by atomic mass is 32.2. The highest BCUT2D eigenvalue weighted by Crippen LogP contribution is 2.36. The highest BCUT2D eigenvalue weighted by Gasteiger charge is 2.36. The van der Waals surface area contributed by atoms with Crippen LogP contribution in [-0.2, 0) is 12.7 Å². The van der Waals surface area contributed by atoms with E-state index in [9.17, 15) is 13.2 Å². The molecule has 2 aliphatic rings. The van der Waals surface area contributed by atoms with Crippen molar-refractivity contribution in [3.05, 3.63) is 53.4 Å². The summed E-state index contributed by atoms with van der Waals surface area (Å²) < 4.78 is 60.5. The second-order valence-electron chi connectivity index (χ2n) is 10.1. The van der Waals surface area contributed by atoms with Gasteiger partial charge in [-0.2, -0.15) is 13.2 Å². The minimum Gasteiger partial charge on any atom is -0.351 e. The van der Waals surface area contributed by atoms with E-state index in [1.165, 1.54) is 16.8 Å². The van der Waals surface area contributed by atoms with Crippen molar-refractivity contribution in [1.29, 1.82) is 0 Å². The molecule has 1 N–H and O–H groups in total. The third-order valence-electron chi connectivity index (χ3n) is 7.08. The Balaban J connectivity index is 1.41. The molecule has 0 bridgehead atoms. The van der Waals surface area contributed by atoms with E-state index in [1.807, 2.05) is 12.3 Å². The molecule has 0 radical (unpaired) electrons. The van der Waals surface area contributed by atoms with E-state index in [2.05, 4.69) is 36.4 Å². The van der Waals surface area contributed by atoms with Gasteiger partial charge in [0, 0.05) is 51.2 Å². The fourth-order valence-corrected chi connectivity index (χ4v) is 5.69. The number of hydrogen-bond acceptors (Lipinski definition) is 7. The van der Waals surface area contributed by atoms with E-state index in [0.717, 1.165) is 50.8 Å². The van der Waals surface area contributed by atoms with Gasteiger partial charge in [0.25, 0.3) is 0 Å². The van der Waals surface area contributed by atoms with Gasteiger partial charge in [-0.1, -0.05) is 24.9 Å². The first kappa shape index (κ1) is 26.9. The monoisotopic (exact) mass is 549 g/mol. The van der Waals surface area contributed by atoms with Crippen molar-refractivity contribution in [3.8, 4) is 17.1 Å². The number of aryl methyl sites for hydroxylation is 1. The fraction of sp³-hybridized carbons (Fsp3) is 0.500. The van der Waals surface area contributed by atoms with Gasteiger partial charge in [0.2, 0.25) is 5.95 Å². The van der Waals surface area contributed by atoms with Gasteiger partial charge in [-0.05, 0) is 49.6 Å². The molecule has 5 rings (SSSR count). The molecule has 2 fully saturated rings. The molecule has 7 nitrogen and oxygen atoms in total. The first-order valence-corrected chi connectivity index (χ1v) is 13.9. The van der Waals surface area contributed by atoms with E-state index in [0.29, 0.717) is 18.3 Å². The van der Waals surface area contributed by atoms with Gasteiger partial charge in [0.05, 0.1) is 5.69 Å². The van der Waals surface area contributed by atoms with E-state index >= 15 is 4.39 Å². The van der Waals surface area contributed by atoms with Crippen LogP contribution in [0.3, 0.4) is 0 Å². The van der Waals surface area contributed by atoms with Crippen LogP contribution in [0.2, 0.25) is 0 Å². The van der Waals surface area contributed by atoms with Crippen LogP contribution >= 0.6 is 11.9 Å². The smallest absolute Gasteiger partial charge is 0.351 e. The van der Waals surface area contributed by atoms with Crippen molar-refractivity contribution < 1.29 is 17.6 Å². The van der Waals surface area contributed by atoms with E-state index in [4.69, 9.17) is 0 Å². The Morgan fingerprint density at radius 1 is 1.13 bits per heavy atom. The van der Waals surface area contributed by atoms with Gasteiger partial charge in [-0.15, -0.1) is 0 Å². The number of aromatic nitrogens is 4. The first-order valence-electron chi connectivity index (χ1n) is 12.7. The van der Waals surface area contributed by atoms with Crippen LogP contribution in [0.25, 0.3) is 17.1 Å². The number of imidazole rings is 1. The normalized spacial score (nSPS) is 18.1. The molecule has 2 aliphatic heterocycles. The fourth-order valence-electron chi connectivity index (χ4n) is 5.11. The molecule has 0 spiro atoms. The number of likely N-dealkylation sites (tertiary alicyclic amines) is 1. The molecule has 1 aromatic carbocycles. The van der Waals surface area contributed by atoms with Crippen LogP contribution in [0.15, 0.2) is 30.6 Å². The average molecular weight is 550 g/mol. The maximum atomic E-state index is 15.1. The molecule has 204 valence electrons. The Bertz CT molecular complexity index is 1280. The van der Waals surface area contributed by atoms with Crippen LogP contribution in [0.1, 0.15) is 36.7 Å². The predicted molar refractivity (Wildman–Crippen MR) is 140 cm³/mol. The van der Waals surface area contributed by atoms with Crippen molar-refractivity contribution >= 4 is 17.9 Å². The summed E-state index contributed by atoms with van der Waals surface area (Å²) in [6.45, 7) is 8.19. The molecule has 2 saturated heterocycles.